The average molecular weight is 284 g/mol. The number of alkyl halides is 1. The van der Waals surface area contributed by atoms with Crippen molar-refractivity contribution in [3.8, 4) is 11.3 Å². The predicted octanol–water partition coefficient (Wildman–Crippen LogP) is 3.69. The van der Waals surface area contributed by atoms with Crippen LogP contribution in [0.25, 0.3) is 11.3 Å². The van der Waals surface area contributed by atoms with Crippen LogP contribution in [-0.4, -0.2) is 9.97 Å². The first kappa shape index (κ1) is 10.6. The molecule has 76 valence electrons. The van der Waals surface area contributed by atoms with Gasteiger partial charge < -0.3 is 0 Å². The normalized spacial score (nSPS) is 10.3. The van der Waals surface area contributed by atoms with Gasteiger partial charge in [-0.25, -0.2) is 9.97 Å². The van der Waals surface area contributed by atoms with E-state index in [-0.39, 0.29) is 0 Å². The molecule has 0 saturated carbocycles. The van der Waals surface area contributed by atoms with Crippen molar-refractivity contribution in [2.75, 3.05) is 0 Å². The Bertz CT molecular complexity index is 474. The molecule has 0 radical (unpaired) electrons. The molecular formula is C11H8BrClN2. The van der Waals surface area contributed by atoms with Crippen LogP contribution >= 0.6 is 27.5 Å². The maximum absolute atomic E-state index is 6.08. The summed E-state index contributed by atoms with van der Waals surface area (Å²) >= 11 is 9.44. The number of benzene rings is 1. The molecule has 0 aliphatic rings. The minimum Gasteiger partial charge on any atom is -0.240 e. The van der Waals surface area contributed by atoms with Crippen molar-refractivity contribution >= 4 is 27.5 Å². The molecule has 0 fully saturated rings. The second-order valence-corrected chi connectivity index (χ2v) is 3.98. The molecule has 0 saturated heterocycles. The first-order chi connectivity index (χ1) is 7.31. The van der Waals surface area contributed by atoms with Crippen LogP contribution in [-0.2, 0) is 5.33 Å². The van der Waals surface area contributed by atoms with Crippen LogP contribution in [0.3, 0.4) is 0 Å². The highest BCUT2D eigenvalue weighted by molar-refractivity contribution is 9.08. The molecule has 0 N–H and O–H groups in total. The van der Waals surface area contributed by atoms with Crippen molar-refractivity contribution in [3.05, 3.63) is 47.4 Å². The molecule has 0 aliphatic carbocycles. The van der Waals surface area contributed by atoms with Crippen LogP contribution in [0.5, 0.6) is 0 Å². The van der Waals surface area contributed by atoms with Gasteiger partial charge in [0.1, 0.15) is 6.33 Å². The van der Waals surface area contributed by atoms with Crippen LogP contribution in [0.1, 0.15) is 5.69 Å². The Morgan fingerprint density at radius 2 is 2.00 bits per heavy atom. The number of rotatable bonds is 2. The standard InChI is InChI=1S/C11H8BrClN2/c12-6-8-5-11(15-7-14-8)9-3-1-2-4-10(9)13/h1-5,7H,6H2. The summed E-state index contributed by atoms with van der Waals surface area (Å²) in [7, 11) is 0. The van der Waals surface area contributed by atoms with Gasteiger partial charge in [0.2, 0.25) is 0 Å². The van der Waals surface area contributed by atoms with E-state index in [0.29, 0.717) is 10.4 Å². The molecule has 1 aromatic carbocycles. The number of hydrogen-bond acceptors (Lipinski definition) is 2. The lowest BCUT2D eigenvalue weighted by Crippen LogP contribution is -1.90. The summed E-state index contributed by atoms with van der Waals surface area (Å²) in [5, 5.41) is 1.42. The minimum atomic E-state index is 0.705. The van der Waals surface area contributed by atoms with Crippen molar-refractivity contribution in [1.29, 1.82) is 0 Å². The summed E-state index contributed by atoms with van der Waals surface area (Å²) in [5.41, 5.74) is 2.73. The molecule has 4 heteroatoms. The molecular weight excluding hydrogens is 275 g/mol. The summed E-state index contributed by atoms with van der Waals surface area (Å²) in [6.45, 7) is 0. The third-order valence-corrected chi connectivity index (χ3v) is 2.91. The van der Waals surface area contributed by atoms with Gasteiger partial charge in [-0.1, -0.05) is 45.7 Å². The zero-order chi connectivity index (χ0) is 10.7. The van der Waals surface area contributed by atoms with Crippen LogP contribution in [0.4, 0.5) is 0 Å². The van der Waals surface area contributed by atoms with Gasteiger partial charge in [0, 0.05) is 15.9 Å². The molecule has 2 rings (SSSR count). The highest BCUT2D eigenvalue weighted by Crippen LogP contribution is 2.25. The van der Waals surface area contributed by atoms with Gasteiger partial charge in [-0.3, -0.25) is 0 Å². The van der Waals surface area contributed by atoms with Crippen LogP contribution in [0.2, 0.25) is 5.02 Å². The Kier molecular flexibility index (Phi) is 3.34. The monoisotopic (exact) mass is 282 g/mol. The minimum absolute atomic E-state index is 0.705. The molecule has 1 aromatic heterocycles. The van der Waals surface area contributed by atoms with Gasteiger partial charge in [0.25, 0.3) is 0 Å². The fourth-order valence-electron chi connectivity index (χ4n) is 1.29. The van der Waals surface area contributed by atoms with Gasteiger partial charge in [0.15, 0.2) is 0 Å². The third kappa shape index (κ3) is 2.36. The van der Waals surface area contributed by atoms with E-state index in [0.717, 1.165) is 17.0 Å². The van der Waals surface area contributed by atoms with E-state index in [1.807, 2.05) is 30.3 Å². The van der Waals surface area contributed by atoms with E-state index in [1.165, 1.54) is 0 Å². The van der Waals surface area contributed by atoms with Crippen molar-refractivity contribution in [3.63, 3.8) is 0 Å². The largest absolute Gasteiger partial charge is 0.240 e. The topological polar surface area (TPSA) is 25.8 Å². The molecule has 0 amide bonds. The zero-order valence-corrected chi connectivity index (χ0v) is 10.2. The summed E-state index contributed by atoms with van der Waals surface area (Å²) in [4.78, 5) is 8.31. The van der Waals surface area contributed by atoms with E-state index in [2.05, 4.69) is 25.9 Å². The van der Waals surface area contributed by atoms with Crippen LogP contribution < -0.4 is 0 Å². The fourth-order valence-corrected chi connectivity index (χ4v) is 1.83. The van der Waals surface area contributed by atoms with E-state index in [1.54, 1.807) is 6.33 Å². The smallest absolute Gasteiger partial charge is 0.116 e. The lowest BCUT2D eigenvalue weighted by atomic mass is 10.1. The van der Waals surface area contributed by atoms with E-state index in [4.69, 9.17) is 11.6 Å². The van der Waals surface area contributed by atoms with E-state index in [9.17, 15) is 0 Å². The number of halogens is 2. The molecule has 0 spiro atoms. The number of aromatic nitrogens is 2. The van der Waals surface area contributed by atoms with Gasteiger partial charge in [-0.15, -0.1) is 0 Å². The Labute approximate surface area is 101 Å². The highest BCUT2D eigenvalue weighted by atomic mass is 79.9. The lowest BCUT2D eigenvalue weighted by molar-refractivity contribution is 1.10. The maximum atomic E-state index is 6.08. The molecule has 1 heterocycles. The summed E-state index contributed by atoms with van der Waals surface area (Å²) in [6.07, 6.45) is 1.55. The van der Waals surface area contributed by atoms with Gasteiger partial charge in [-0.05, 0) is 12.1 Å². The Morgan fingerprint density at radius 3 is 2.73 bits per heavy atom. The second-order valence-electron chi connectivity index (χ2n) is 3.01. The molecule has 0 bridgehead atoms. The average Bonchev–Trinajstić information content (AvgIpc) is 2.30. The summed E-state index contributed by atoms with van der Waals surface area (Å²) < 4.78 is 0. The SMILES string of the molecule is Clc1ccccc1-c1cc(CBr)ncn1. The Balaban J connectivity index is 2.49. The van der Waals surface area contributed by atoms with Gasteiger partial charge in [-0.2, -0.15) is 0 Å². The molecule has 2 aromatic rings. The number of nitrogens with zero attached hydrogens (tertiary/aromatic N) is 2. The fraction of sp³-hybridized carbons (Fsp3) is 0.0909. The Hall–Kier alpha value is -0.930. The molecule has 0 unspecified atom stereocenters. The highest BCUT2D eigenvalue weighted by Gasteiger charge is 2.04. The van der Waals surface area contributed by atoms with Crippen molar-refractivity contribution in [2.24, 2.45) is 0 Å². The first-order valence-corrected chi connectivity index (χ1v) is 5.93. The molecule has 2 nitrogen and oxygen atoms in total. The molecule has 15 heavy (non-hydrogen) atoms. The lowest BCUT2D eigenvalue weighted by Gasteiger charge is -2.03. The van der Waals surface area contributed by atoms with Gasteiger partial charge in [0.05, 0.1) is 11.4 Å². The second kappa shape index (κ2) is 4.73. The van der Waals surface area contributed by atoms with Crippen molar-refractivity contribution in [2.45, 2.75) is 5.33 Å². The first-order valence-electron chi connectivity index (χ1n) is 4.43. The quantitative estimate of drug-likeness (QED) is 0.786. The van der Waals surface area contributed by atoms with E-state index >= 15 is 0 Å². The van der Waals surface area contributed by atoms with E-state index < -0.39 is 0 Å². The molecule has 0 atom stereocenters. The third-order valence-electron chi connectivity index (χ3n) is 2.01. The van der Waals surface area contributed by atoms with Crippen molar-refractivity contribution < 1.29 is 0 Å². The molecule has 0 aliphatic heterocycles. The van der Waals surface area contributed by atoms with Gasteiger partial charge >= 0.3 is 0 Å². The van der Waals surface area contributed by atoms with Crippen LogP contribution in [0, 0.1) is 0 Å². The zero-order valence-electron chi connectivity index (χ0n) is 7.82. The van der Waals surface area contributed by atoms with Crippen molar-refractivity contribution in [1.82, 2.24) is 9.97 Å². The predicted molar refractivity (Wildman–Crippen MR) is 65.1 cm³/mol. The maximum Gasteiger partial charge on any atom is 0.116 e. The summed E-state index contributed by atoms with van der Waals surface area (Å²) in [5.74, 6) is 0. The van der Waals surface area contributed by atoms with Crippen LogP contribution in [0.15, 0.2) is 36.7 Å². The Morgan fingerprint density at radius 1 is 1.20 bits per heavy atom. The number of hydrogen-bond donors (Lipinski definition) is 0. The summed E-state index contributed by atoms with van der Waals surface area (Å²) in [6, 6.07) is 9.57.